The molecular formula is C15H14BrNO2. The zero-order chi connectivity index (χ0) is 13.7. The molecule has 1 amide bonds. The predicted molar refractivity (Wildman–Crippen MR) is 78.3 cm³/mol. The number of carbonyl (C=O) groups is 1. The van der Waals surface area contributed by atoms with E-state index in [9.17, 15) is 9.90 Å². The summed E-state index contributed by atoms with van der Waals surface area (Å²) in [4.78, 5) is 11.9. The molecule has 0 bridgehead atoms. The minimum atomic E-state index is -0.104. The van der Waals surface area contributed by atoms with Gasteiger partial charge in [0.1, 0.15) is 5.75 Å². The number of rotatable bonds is 4. The van der Waals surface area contributed by atoms with Crippen LogP contribution in [-0.2, 0) is 6.42 Å². The maximum Gasteiger partial charge on any atom is 0.252 e. The Morgan fingerprint density at radius 1 is 1.16 bits per heavy atom. The van der Waals surface area contributed by atoms with Crippen LogP contribution in [0.2, 0.25) is 0 Å². The monoisotopic (exact) mass is 319 g/mol. The normalized spacial score (nSPS) is 10.2. The molecule has 2 aromatic rings. The minimum Gasteiger partial charge on any atom is -0.508 e. The van der Waals surface area contributed by atoms with Gasteiger partial charge in [-0.1, -0.05) is 24.3 Å². The van der Waals surface area contributed by atoms with Crippen LogP contribution in [0.1, 0.15) is 15.9 Å². The smallest absolute Gasteiger partial charge is 0.252 e. The van der Waals surface area contributed by atoms with Gasteiger partial charge in [0.05, 0.1) is 5.56 Å². The standard InChI is InChI=1S/C15H14BrNO2/c16-14-7-2-1-6-13(14)15(19)17-9-8-11-4-3-5-12(18)10-11/h1-7,10,18H,8-9H2,(H,17,19). The second kappa shape index (κ2) is 6.38. The number of aromatic hydroxyl groups is 1. The first kappa shape index (κ1) is 13.6. The molecule has 0 unspecified atom stereocenters. The molecule has 0 saturated heterocycles. The quantitative estimate of drug-likeness (QED) is 0.909. The second-order valence-corrected chi connectivity index (χ2v) is 5.01. The van der Waals surface area contributed by atoms with Crippen LogP contribution in [0.5, 0.6) is 5.75 Å². The lowest BCUT2D eigenvalue weighted by molar-refractivity contribution is 0.0953. The van der Waals surface area contributed by atoms with E-state index in [1.165, 1.54) is 0 Å². The highest BCUT2D eigenvalue weighted by Gasteiger charge is 2.08. The van der Waals surface area contributed by atoms with Crippen LogP contribution in [0, 0.1) is 0 Å². The van der Waals surface area contributed by atoms with Gasteiger partial charge in [-0.3, -0.25) is 4.79 Å². The number of halogens is 1. The highest BCUT2D eigenvalue weighted by atomic mass is 79.9. The Morgan fingerprint density at radius 2 is 1.95 bits per heavy atom. The van der Waals surface area contributed by atoms with Crippen LogP contribution in [-0.4, -0.2) is 17.6 Å². The number of hydrogen-bond donors (Lipinski definition) is 2. The summed E-state index contributed by atoms with van der Waals surface area (Å²) in [5, 5.41) is 12.2. The maximum absolute atomic E-state index is 11.9. The lowest BCUT2D eigenvalue weighted by Crippen LogP contribution is -2.25. The lowest BCUT2D eigenvalue weighted by Gasteiger charge is -2.07. The lowest BCUT2D eigenvalue weighted by atomic mass is 10.1. The van der Waals surface area contributed by atoms with E-state index in [4.69, 9.17) is 0 Å². The molecule has 2 N–H and O–H groups in total. The van der Waals surface area contributed by atoms with Crippen LogP contribution >= 0.6 is 15.9 Å². The molecule has 0 aliphatic rings. The molecule has 0 aliphatic carbocycles. The molecule has 0 fully saturated rings. The number of amides is 1. The van der Waals surface area contributed by atoms with Crippen LogP contribution < -0.4 is 5.32 Å². The van der Waals surface area contributed by atoms with Gasteiger partial charge in [0.15, 0.2) is 0 Å². The van der Waals surface area contributed by atoms with Crippen molar-refractivity contribution in [3.63, 3.8) is 0 Å². The summed E-state index contributed by atoms with van der Waals surface area (Å²) in [5.41, 5.74) is 1.62. The SMILES string of the molecule is O=C(NCCc1cccc(O)c1)c1ccccc1Br. The average molecular weight is 320 g/mol. The molecule has 3 nitrogen and oxygen atoms in total. The first-order chi connectivity index (χ1) is 9.16. The summed E-state index contributed by atoms with van der Waals surface area (Å²) in [6, 6.07) is 14.3. The molecule has 0 spiro atoms. The van der Waals surface area contributed by atoms with Gasteiger partial charge in [-0.2, -0.15) is 0 Å². The third-order valence-electron chi connectivity index (χ3n) is 2.73. The van der Waals surface area contributed by atoms with Crippen molar-refractivity contribution in [1.82, 2.24) is 5.32 Å². The van der Waals surface area contributed by atoms with Crippen LogP contribution in [0.4, 0.5) is 0 Å². The van der Waals surface area contributed by atoms with E-state index >= 15 is 0 Å². The fraction of sp³-hybridized carbons (Fsp3) is 0.133. The van der Waals surface area contributed by atoms with Gasteiger partial charge >= 0.3 is 0 Å². The van der Waals surface area contributed by atoms with Crippen molar-refractivity contribution in [3.05, 3.63) is 64.1 Å². The summed E-state index contributed by atoms with van der Waals surface area (Å²) in [5.74, 6) is 0.141. The Balaban J connectivity index is 1.90. The highest BCUT2D eigenvalue weighted by Crippen LogP contribution is 2.15. The Kier molecular flexibility index (Phi) is 4.58. The molecule has 2 aromatic carbocycles. The number of benzene rings is 2. The third kappa shape index (κ3) is 3.83. The predicted octanol–water partition coefficient (Wildman–Crippen LogP) is 3.13. The number of phenolic OH excluding ortho intramolecular Hbond substituents is 1. The molecule has 0 heterocycles. The number of phenols is 1. The van der Waals surface area contributed by atoms with E-state index in [1.807, 2.05) is 24.3 Å². The van der Waals surface area contributed by atoms with Gasteiger partial charge in [-0.05, 0) is 52.2 Å². The Labute approximate surface area is 120 Å². The van der Waals surface area contributed by atoms with Crippen molar-refractivity contribution < 1.29 is 9.90 Å². The molecular weight excluding hydrogens is 306 g/mol. The van der Waals surface area contributed by atoms with Crippen molar-refractivity contribution >= 4 is 21.8 Å². The molecule has 2 rings (SSSR count). The fourth-order valence-corrected chi connectivity index (χ4v) is 2.24. The Bertz CT molecular complexity index is 584. The zero-order valence-corrected chi connectivity index (χ0v) is 11.9. The van der Waals surface area contributed by atoms with Gasteiger partial charge < -0.3 is 10.4 Å². The van der Waals surface area contributed by atoms with Crippen LogP contribution in [0.15, 0.2) is 53.0 Å². The Morgan fingerprint density at radius 3 is 2.68 bits per heavy atom. The summed E-state index contributed by atoms with van der Waals surface area (Å²) in [6.07, 6.45) is 0.685. The van der Waals surface area contributed by atoms with Gasteiger partial charge in [-0.15, -0.1) is 0 Å². The summed E-state index contributed by atoms with van der Waals surface area (Å²) < 4.78 is 0.782. The van der Waals surface area contributed by atoms with E-state index in [0.29, 0.717) is 18.5 Å². The van der Waals surface area contributed by atoms with Gasteiger partial charge in [0.25, 0.3) is 5.91 Å². The molecule has 19 heavy (non-hydrogen) atoms. The van der Waals surface area contributed by atoms with Crippen molar-refractivity contribution in [2.75, 3.05) is 6.54 Å². The maximum atomic E-state index is 11.9. The number of hydrogen-bond acceptors (Lipinski definition) is 2. The van der Waals surface area contributed by atoms with E-state index in [2.05, 4.69) is 21.2 Å². The molecule has 0 radical (unpaired) electrons. The fourth-order valence-electron chi connectivity index (χ4n) is 1.77. The second-order valence-electron chi connectivity index (χ2n) is 4.16. The Hall–Kier alpha value is -1.81. The first-order valence-electron chi connectivity index (χ1n) is 5.97. The van der Waals surface area contributed by atoms with E-state index in [-0.39, 0.29) is 11.7 Å². The molecule has 4 heteroatoms. The van der Waals surface area contributed by atoms with Crippen molar-refractivity contribution in [2.24, 2.45) is 0 Å². The number of nitrogens with one attached hydrogen (secondary N) is 1. The highest BCUT2D eigenvalue weighted by molar-refractivity contribution is 9.10. The van der Waals surface area contributed by atoms with Crippen molar-refractivity contribution in [2.45, 2.75) is 6.42 Å². The average Bonchev–Trinajstić information content (AvgIpc) is 2.39. The summed E-state index contributed by atoms with van der Waals surface area (Å²) in [6.45, 7) is 0.531. The van der Waals surface area contributed by atoms with Crippen molar-refractivity contribution in [1.29, 1.82) is 0 Å². The van der Waals surface area contributed by atoms with Crippen LogP contribution in [0.3, 0.4) is 0 Å². The number of carbonyl (C=O) groups excluding carboxylic acids is 1. The van der Waals surface area contributed by atoms with E-state index in [1.54, 1.807) is 24.3 Å². The zero-order valence-electron chi connectivity index (χ0n) is 10.3. The molecule has 0 saturated carbocycles. The third-order valence-corrected chi connectivity index (χ3v) is 3.42. The largest absolute Gasteiger partial charge is 0.508 e. The van der Waals surface area contributed by atoms with Gasteiger partial charge in [0, 0.05) is 11.0 Å². The molecule has 0 atom stereocenters. The summed E-state index contributed by atoms with van der Waals surface area (Å²) in [7, 11) is 0. The van der Waals surface area contributed by atoms with Gasteiger partial charge in [0.2, 0.25) is 0 Å². The minimum absolute atomic E-state index is 0.104. The summed E-state index contributed by atoms with van der Waals surface area (Å²) >= 11 is 3.35. The van der Waals surface area contributed by atoms with E-state index < -0.39 is 0 Å². The topological polar surface area (TPSA) is 49.3 Å². The molecule has 0 aliphatic heterocycles. The van der Waals surface area contributed by atoms with Gasteiger partial charge in [-0.25, -0.2) is 0 Å². The van der Waals surface area contributed by atoms with Crippen LogP contribution in [0.25, 0.3) is 0 Å². The van der Waals surface area contributed by atoms with E-state index in [0.717, 1.165) is 10.0 Å². The molecule has 0 aromatic heterocycles. The first-order valence-corrected chi connectivity index (χ1v) is 6.77. The molecule has 98 valence electrons. The van der Waals surface area contributed by atoms with Crippen molar-refractivity contribution in [3.8, 4) is 5.75 Å².